The number of rotatable bonds is 0. The maximum atomic E-state index is 11.1. The van der Waals surface area contributed by atoms with Crippen molar-refractivity contribution in [3.05, 3.63) is 0 Å². The smallest absolute Gasteiger partial charge is 0.427 e. The first-order chi connectivity index (χ1) is 7.25. The maximum absolute atomic E-state index is 11.1. The van der Waals surface area contributed by atoms with E-state index in [1.165, 1.54) is 12.8 Å². The summed E-state index contributed by atoms with van der Waals surface area (Å²) in [6.45, 7) is 0. The molecule has 0 N–H and O–H groups in total. The molecule has 3 nitrogen and oxygen atoms in total. The summed E-state index contributed by atoms with van der Waals surface area (Å²) in [6, 6.07) is 0. The SMILES string of the molecule is O=C1OC2CC3C4CCC(C4I)C3C2O1. The summed E-state index contributed by atoms with van der Waals surface area (Å²) < 4.78 is 11.4. The number of ether oxygens (including phenoxy) is 2. The summed E-state index contributed by atoms with van der Waals surface area (Å²) in [5.41, 5.74) is 0. The van der Waals surface area contributed by atoms with Crippen molar-refractivity contribution in [3.63, 3.8) is 0 Å². The van der Waals surface area contributed by atoms with Crippen LogP contribution in [0, 0.1) is 23.7 Å². The number of hydrogen-bond acceptors (Lipinski definition) is 3. The molecule has 82 valence electrons. The van der Waals surface area contributed by atoms with E-state index in [1.807, 2.05) is 0 Å². The Morgan fingerprint density at radius 2 is 1.93 bits per heavy atom. The Balaban J connectivity index is 1.69. The standard InChI is InChI=1S/C11H13IO3/c12-9-4-1-2-5(9)8-6(4)3-7-10(8)15-11(13)14-7/h4-10H,1-3H2. The van der Waals surface area contributed by atoms with Crippen LogP contribution in [0.15, 0.2) is 0 Å². The molecule has 0 aromatic carbocycles. The number of fused-ring (bicyclic) bond motifs is 7. The van der Waals surface area contributed by atoms with Crippen LogP contribution < -0.4 is 0 Å². The normalized spacial score (nSPS) is 60.1. The molecule has 0 aromatic heterocycles. The Morgan fingerprint density at radius 3 is 2.80 bits per heavy atom. The summed E-state index contributed by atoms with van der Waals surface area (Å²) in [5.74, 6) is 3.04. The molecule has 1 aliphatic heterocycles. The van der Waals surface area contributed by atoms with Gasteiger partial charge in [-0.1, -0.05) is 22.6 Å². The zero-order valence-electron chi connectivity index (χ0n) is 8.27. The Bertz CT molecular complexity index is 332. The summed E-state index contributed by atoms with van der Waals surface area (Å²) >= 11 is 2.61. The Morgan fingerprint density at radius 1 is 1.13 bits per heavy atom. The topological polar surface area (TPSA) is 35.5 Å². The van der Waals surface area contributed by atoms with E-state index in [-0.39, 0.29) is 12.2 Å². The molecule has 0 radical (unpaired) electrons. The average Bonchev–Trinajstić information content (AvgIpc) is 2.84. The third-order valence-electron chi connectivity index (χ3n) is 4.92. The van der Waals surface area contributed by atoms with Gasteiger partial charge in [0.1, 0.15) is 12.2 Å². The van der Waals surface area contributed by atoms with Gasteiger partial charge in [0.2, 0.25) is 0 Å². The van der Waals surface area contributed by atoms with E-state index in [0.717, 1.165) is 28.1 Å². The third kappa shape index (κ3) is 0.996. The van der Waals surface area contributed by atoms with Gasteiger partial charge in [0.25, 0.3) is 0 Å². The summed E-state index contributed by atoms with van der Waals surface area (Å²) in [7, 11) is 0. The fourth-order valence-corrected chi connectivity index (χ4v) is 6.21. The van der Waals surface area contributed by atoms with Crippen LogP contribution >= 0.6 is 22.6 Å². The van der Waals surface area contributed by atoms with E-state index in [1.54, 1.807) is 0 Å². The van der Waals surface area contributed by atoms with Crippen molar-refractivity contribution < 1.29 is 14.3 Å². The van der Waals surface area contributed by atoms with Crippen molar-refractivity contribution in [1.82, 2.24) is 0 Å². The third-order valence-corrected chi connectivity index (χ3v) is 6.77. The highest BCUT2D eigenvalue weighted by atomic mass is 127. The molecular formula is C11H13IO3. The molecule has 4 aliphatic rings. The minimum Gasteiger partial charge on any atom is -0.427 e. The molecule has 7 atom stereocenters. The second kappa shape index (κ2) is 2.81. The van der Waals surface area contributed by atoms with Crippen LogP contribution in [-0.2, 0) is 9.47 Å². The van der Waals surface area contributed by atoms with Crippen LogP contribution in [0.3, 0.4) is 0 Å². The van der Waals surface area contributed by atoms with Crippen molar-refractivity contribution in [1.29, 1.82) is 0 Å². The van der Waals surface area contributed by atoms with E-state index < -0.39 is 6.16 Å². The van der Waals surface area contributed by atoms with Crippen molar-refractivity contribution in [2.24, 2.45) is 23.7 Å². The largest absolute Gasteiger partial charge is 0.509 e. The predicted molar refractivity (Wildman–Crippen MR) is 60.8 cm³/mol. The van der Waals surface area contributed by atoms with Crippen LogP contribution in [0.1, 0.15) is 19.3 Å². The van der Waals surface area contributed by atoms with Crippen LogP contribution in [0.2, 0.25) is 0 Å². The lowest BCUT2D eigenvalue weighted by Gasteiger charge is -2.26. The Hall–Kier alpha value is -0.0000000000000000555. The van der Waals surface area contributed by atoms with Crippen molar-refractivity contribution in [2.45, 2.75) is 35.4 Å². The van der Waals surface area contributed by atoms with Crippen molar-refractivity contribution in [2.75, 3.05) is 0 Å². The Kier molecular flexibility index (Phi) is 1.70. The highest BCUT2D eigenvalue weighted by Gasteiger charge is 2.64. The molecule has 0 aromatic rings. The molecule has 7 unspecified atom stereocenters. The molecule has 4 heteroatoms. The second-order valence-corrected chi connectivity index (χ2v) is 6.75. The molecule has 0 spiro atoms. The van der Waals surface area contributed by atoms with Gasteiger partial charge in [0.05, 0.1) is 0 Å². The van der Waals surface area contributed by atoms with E-state index in [2.05, 4.69) is 22.6 Å². The summed E-state index contributed by atoms with van der Waals surface area (Å²) in [6.07, 6.45) is 3.51. The zero-order chi connectivity index (χ0) is 10.2. The van der Waals surface area contributed by atoms with Gasteiger partial charge in [0, 0.05) is 9.84 Å². The highest BCUT2D eigenvalue weighted by molar-refractivity contribution is 14.1. The van der Waals surface area contributed by atoms with E-state index in [0.29, 0.717) is 5.92 Å². The molecule has 3 saturated carbocycles. The number of carbonyl (C=O) groups is 1. The molecule has 3 aliphatic carbocycles. The zero-order valence-corrected chi connectivity index (χ0v) is 10.4. The van der Waals surface area contributed by atoms with Gasteiger partial charge in [-0.3, -0.25) is 0 Å². The lowest BCUT2D eigenvalue weighted by atomic mass is 9.81. The van der Waals surface area contributed by atoms with E-state index >= 15 is 0 Å². The van der Waals surface area contributed by atoms with Crippen LogP contribution in [-0.4, -0.2) is 22.3 Å². The first-order valence-electron chi connectivity index (χ1n) is 5.77. The van der Waals surface area contributed by atoms with Gasteiger partial charge in [-0.25, -0.2) is 4.79 Å². The quantitative estimate of drug-likeness (QED) is 0.390. The van der Waals surface area contributed by atoms with Crippen LogP contribution in [0.25, 0.3) is 0 Å². The van der Waals surface area contributed by atoms with Crippen LogP contribution in [0.5, 0.6) is 0 Å². The van der Waals surface area contributed by atoms with Gasteiger partial charge in [-0.15, -0.1) is 0 Å². The fourth-order valence-electron chi connectivity index (χ4n) is 4.48. The van der Waals surface area contributed by atoms with Crippen molar-refractivity contribution in [3.8, 4) is 0 Å². The van der Waals surface area contributed by atoms with E-state index in [9.17, 15) is 4.79 Å². The second-order valence-electron chi connectivity index (χ2n) is 5.32. The van der Waals surface area contributed by atoms with Crippen LogP contribution in [0.4, 0.5) is 4.79 Å². The number of hydrogen-bond donors (Lipinski definition) is 0. The molecule has 0 amide bonds. The minimum absolute atomic E-state index is 0.0829. The lowest BCUT2D eigenvalue weighted by molar-refractivity contribution is 0.0711. The number of halogens is 1. The number of alkyl halides is 1. The van der Waals surface area contributed by atoms with Gasteiger partial charge in [-0.2, -0.15) is 0 Å². The molecule has 2 bridgehead atoms. The number of carbonyl (C=O) groups excluding carboxylic acids is 1. The van der Waals surface area contributed by atoms with Gasteiger partial charge in [0.15, 0.2) is 0 Å². The molecule has 4 fully saturated rings. The highest BCUT2D eigenvalue weighted by Crippen LogP contribution is 2.62. The molecule has 4 rings (SSSR count). The molecule has 1 heterocycles. The van der Waals surface area contributed by atoms with Gasteiger partial charge < -0.3 is 9.47 Å². The monoisotopic (exact) mass is 320 g/mol. The first-order valence-corrected chi connectivity index (χ1v) is 7.01. The molecule has 15 heavy (non-hydrogen) atoms. The van der Waals surface area contributed by atoms with Gasteiger partial charge in [-0.05, 0) is 37.0 Å². The summed E-state index contributed by atoms with van der Waals surface area (Å²) in [5, 5.41) is 0. The van der Waals surface area contributed by atoms with Crippen molar-refractivity contribution >= 4 is 28.7 Å². The van der Waals surface area contributed by atoms with E-state index in [4.69, 9.17) is 9.47 Å². The fraction of sp³-hybridized carbons (Fsp3) is 0.909. The molecule has 1 saturated heterocycles. The lowest BCUT2D eigenvalue weighted by Crippen LogP contribution is -2.29. The maximum Gasteiger partial charge on any atom is 0.509 e. The minimum atomic E-state index is -0.434. The molecular weight excluding hydrogens is 307 g/mol. The van der Waals surface area contributed by atoms with Gasteiger partial charge >= 0.3 is 6.16 Å². The Labute approximate surface area is 102 Å². The average molecular weight is 320 g/mol. The first kappa shape index (κ1) is 9.07. The predicted octanol–water partition coefficient (Wildman–Crippen LogP) is 2.37. The summed E-state index contributed by atoms with van der Waals surface area (Å²) in [4.78, 5) is 11.1.